The van der Waals surface area contributed by atoms with E-state index in [1.54, 1.807) is 0 Å². The Hall–Kier alpha value is -0.280. The Morgan fingerprint density at radius 2 is 1.90 bits per heavy atom. The Balaban J connectivity index is 0.000000500. The van der Waals surface area contributed by atoms with Crippen molar-refractivity contribution in [3.63, 3.8) is 0 Å². The van der Waals surface area contributed by atoms with Gasteiger partial charge in [0.15, 0.2) is 0 Å². The highest BCUT2D eigenvalue weighted by atomic mass is 35.5. The van der Waals surface area contributed by atoms with Crippen LogP contribution in [0.4, 0.5) is 0 Å². The zero-order chi connectivity index (χ0) is 6.43. The van der Waals surface area contributed by atoms with E-state index >= 15 is 0 Å². The zero-order valence-corrected chi connectivity index (χ0v) is 6.23. The van der Waals surface area contributed by atoms with Crippen LogP contribution in [0.2, 0.25) is 0 Å². The van der Waals surface area contributed by atoms with Crippen molar-refractivity contribution in [1.82, 2.24) is 5.32 Å². The molecule has 0 aromatic rings. The molecule has 58 valence electrons. The summed E-state index contributed by atoms with van der Waals surface area (Å²) in [6.07, 6.45) is 0. The van der Waals surface area contributed by atoms with Gasteiger partial charge in [-0.2, -0.15) is 0 Å². The van der Waals surface area contributed by atoms with Crippen LogP contribution in [0.25, 0.3) is 0 Å². The fraction of sp³-hybridized carbons (Fsp3) is 0.833. The first-order valence-electron chi connectivity index (χ1n) is 3.24. The van der Waals surface area contributed by atoms with Crippen LogP contribution in [0.1, 0.15) is 0 Å². The molecule has 1 aliphatic carbocycles. The maximum atomic E-state index is 10.3. The highest BCUT2D eigenvalue weighted by molar-refractivity contribution is 5.85. The third-order valence-corrected chi connectivity index (χ3v) is 2.38. The molecule has 2 aliphatic rings. The van der Waals surface area contributed by atoms with Crippen LogP contribution >= 0.6 is 12.4 Å². The minimum Gasteiger partial charge on any atom is -0.481 e. The number of aliphatic carboxylic acids is 1. The van der Waals surface area contributed by atoms with E-state index in [0.29, 0.717) is 11.8 Å². The van der Waals surface area contributed by atoms with E-state index in [-0.39, 0.29) is 18.3 Å². The maximum absolute atomic E-state index is 10.3. The first-order valence-corrected chi connectivity index (χ1v) is 3.24. The van der Waals surface area contributed by atoms with Crippen LogP contribution in [0.3, 0.4) is 0 Å². The molecule has 2 fully saturated rings. The van der Waals surface area contributed by atoms with Gasteiger partial charge in [-0.05, 0) is 24.9 Å². The molecule has 0 radical (unpaired) electrons. The largest absolute Gasteiger partial charge is 0.481 e. The van der Waals surface area contributed by atoms with E-state index in [1.807, 2.05) is 0 Å². The van der Waals surface area contributed by atoms with Crippen molar-refractivity contribution >= 4 is 18.4 Å². The highest BCUT2D eigenvalue weighted by Gasteiger charge is 2.57. The number of halogens is 1. The van der Waals surface area contributed by atoms with Crippen molar-refractivity contribution in [3.8, 4) is 0 Å². The summed E-state index contributed by atoms with van der Waals surface area (Å²) in [7, 11) is 0. The summed E-state index contributed by atoms with van der Waals surface area (Å²) in [6, 6.07) is 0. The fourth-order valence-electron chi connectivity index (χ4n) is 1.78. The Morgan fingerprint density at radius 3 is 2.20 bits per heavy atom. The topological polar surface area (TPSA) is 49.3 Å². The molecular weight excluding hydrogens is 154 g/mol. The normalized spacial score (nSPS) is 41.8. The molecular formula is C6H10ClNO2. The van der Waals surface area contributed by atoms with Crippen LogP contribution in [0, 0.1) is 17.8 Å². The van der Waals surface area contributed by atoms with Crippen LogP contribution in [0.15, 0.2) is 0 Å². The lowest BCUT2D eigenvalue weighted by molar-refractivity contribution is -0.139. The van der Waals surface area contributed by atoms with Gasteiger partial charge in [-0.15, -0.1) is 12.4 Å². The number of rotatable bonds is 1. The molecule has 1 aliphatic heterocycles. The van der Waals surface area contributed by atoms with Crippen LogP contribution in [-0.2, 0) is 4.79 Å². The molecule has 0 amide bonds. The molecule has 2 N–H and O–H groups in total. The summed E-state index contributed by atoms with van der Waals surface area (Å²) in [5.74, 6) is 0.308. The van der Waals surface area contributed by atoms with Gasteiger partial charge in [0.05, 0.1) is 5.92 Å². The van der Waals surface area contributed by atoms with Gasteiger partial charge in [0.25, 0.3) is 0 Å². The molecule has 0 bridgehead atoms. The van der Waals surface area contributed by atoms with E-state index in [9.17, 15) is 4.79 Å². The molecule has 10 heavy (non-hydrogen) atoms. The standard InChI is InChI=1S/C6H9NO2.ClH/c8-6(9)5-3-1-7-2-4(3)5;/h3-5,7H,1-2H2,(H,8,9);1H/t3-,4-;/m1./s1. The van der Waals surface area contributed by atoms with Crippen LogP contribution < -0.4 is 5.32 Å². The number of carboxylic acids is 1. The van der Waals surface area contributed by atoms with Gasteiger partial charge in [-0.25, -0.2) is 0 Å². The first-order chi connectivity index (χ1) is 4.30. The molecule has 4 heteroatoms. The van der Waals surface area contributed by atoms with E-state index in [2.05, 4.69) is 5.32 Å². The SMILES string of the molecule is Cl.O=C(O)C1[C@@H]2CNC[C@@H]12. The zero-order valence-electron chi connectivity index (χ0n) is 5.41. The average Bonchev–Trinajstić information content (AvgIpc) is 2.30. The number of hydrogen-bond acceptors (Lipinski definition) is 2. The minimum absolute atomic E-state index is 0. The van der Waals surface area contributed by atoms with Crippen LogP contribution in [-0.4, -0.2) is 24.2 Å². The van der Waals surface area contributed by atoms with Crippen molar-refractivity contribution in [2.24, 2.45) is 17.8 Å². The number of hydrogen-bond donors (Lipinski definition) is 2. The Morgan fingerprint density at radius 1 is 1.40 bits per heavy atom. The summed E-state index contributed by atoms with van der Waals surface area (Å²) in [5, 5.41) is 11.7. The van der Waals surface area contributed by atoms with Gasteiger partial charge in [-0.3, -0.25) is 4.79 Å². The highest BCUT2D eigenvalue weighted by Crippen LogP contribution is 2.48. The molecule has 2 rings (SSSR count). The molecule has 0 aromatic heterocycles. The Labute approximate surface area is 65.2 Å². The quantitative estimate of drug-likeness (QED) is 0.570. The Kier molecular flexibility index (Phi) is 1.88. The minimum atomic E-state index is -0.605. The second-order valence-electron chi connectivity index (χ2n) is 2.85. The predicted molar refractivity (Wildman–Crippen MR) is 38.2 cm³/mol. The maximum Gasteiger partial charge on any atom is 0.307 e. The van der Waals surface area contributed by atoms with Gasteiger partial charge in [0.1, 0.15) is 0 Å². The van der Waals surface area contributed by atoms with Gasteiger partial charge in [-0.1, -0.05) is 0 Å². The fourth-order valence-corrected chi connectivity index (χ4v) is 1.78. The second kappa shape index (κ2) is 2.40. The molecule has 1 heterocycles. The molecule has 2 atom stereocenters. The lowest BCUT2D eigenvalue weighted by Crippen LogP contribution is -2.18. The summed E-state index contributed by atoms with van der Waals surface area (Å²) in [4.78, 5) is 10.3. The van der Waals surface area contributed by atoms with E-state index in [1.165, 1.54) is 0 Å². The van der Waals surface area contributed by atoms with E-state index < -0.39 is 5.97 Å². The van der Waals surface area contributed by atoms with E-state index in [0.717, 1.165) is 13.1 Å². The number of piperidine rings is 1. The van der Waals surface area contributed by atoms with Crippen molar-refractivity contribution in [2.45, 2.75) is 0 Å². The summed E-state index contributed by atoms with van der Waals surface area (Å²) < 4.78 is 0. The molecule has 0 spiro atoms. The smallest absolute Gasteiger partial charge is 0.307 e. The van der Waals surface area contributed by atoms with Crippen molar-refractivity contribution in [1.29, 1.82) is 0 Å². The number of carbonyl (C=O) groups is 1. The molecule has 3 nitrogen and oxygen atoms in total. The van der Waals surface area contributed by atoms with Crippen molar-refractivity contribution in [3.05, 3.63) is 0 Å². The molecule has 0 unspecified atom stereocenters. The first kappa shape index (κ1) is 7.82. The molecule has 0 aromatic carbocycles. The number of fused-ring (bicyclic) bond motifs is 1. The predicted octanol–water partition coefficient (Wildman–Crippen LogP) is -0.0418. The average molecular weight is 164 g/mol. The molecule has 1 saturated heterocycles. The molecule has 1 saturated carbocycles. The third kappa shape index (κ3) is 0.896. The summed E-state index contributed by atoms with van der Waals surface area (Å²) in [6.45, 7) is 1.84. The van der Waals surface area contributed by atoms with Gasteiger partial charge in [0, 0.05) is 0 Å². The van der Waals surface area contributed by atoms with Gasteiger partial charge < -0.3 is 10.4 Å². The lowest BCUT2D eigenvalue weighted by Gasteiger charge is -1.96. The lowest BCUT2D eigenvalue weighted by atomic mass is 10.3. The van der Waals surface area contributed by atoms with Crippen molar-refractivity contribution < 1.29 is 9.90 Å². The summed E-state index contributed by atoms with van der Waals surface area (Å²) >= 11 is 0. The van der Waals surface area contributed by atoms with Crippen LogP contribution in [0.5, 0.6) is 0 Å². The van der Waals surface area contributed by atoms with Crippen molar-refractivity contribution in [2.75, 3.05) is 13.1 Å². The van der Waals surface area contributed by atoms with Gasteiger partial charge in [0.2, 0.25) is 0 Å². The summed E-state index contributed by atoms with van der Waals surface area (Å²) in [5.41, 5.74) is 0. The number of nitrogens with one attached hydrogen (secondary N) is 1. The number of carboxylic acid groups (broad SMARTS) is 1. The Bertz CT molecular complexity index is 152. The second-order valence-corrected chi connectivity index (χ2v) is 2.85. The van der Waals surface area contributed by atoms with Gasteiger partial charge >= 0.3 is 5.97 Å². The van der Waals surface area contributed by atoms with E-state index in [4.69, 9.17) is 5.11 Å². The third-order valence-electron chi connectivity index (χ3n) is 2.38. The monoisotopic (exact) mass is 163 g/mol.